The van der Waals surface area contributed by atoms with Crippen molar-refractivity contribution in [2.75, 3.05) is 5.73 Å². The Labute approximate surface area is 82.7 Å². The van der Waals surface area contributed by atoms with Crippen LogP contribution in [0.2, 0.25) is 0 Å². The Morgan fingerprint density at radius 3 is 2.71 bits per heavy atom. The third-order valence-corrected chi connectivity index (χ3v) is 2.35. The van der Waals surface area contributed by atoms with Gasteiger partial charge in [-0.25, -0.2) is 4.68 Å². The lowest BCUT2D eigenvalue weighted by Crippen LogP contribution is -2.02. The third-order valence-electron chi connectivity index (χ3n) is 2.35. The summed E-state index contributed by atoms with van der Waals surface area (Å²) in [5, 5.41) is 8.19. The van der Waals surface area contributed by atoms with E-state index in [0.29, 0.717) is 6.04 Å². The second-order valence-electron chi connectivity index (χ2n) is 3.83. The minimum atomic E-state index is 0.308. The van der Waals surface area contributed by atoms with Gasteiger partial charge >= 0.3 is 0 Å². The van der Waals surface area contributed by atoms with Gasteiger partial charge in [0.1, 0.15) is 5.52 Å². The van der Waals surface area contributed by atoms with E-state index < -0.39 is 0 Å². The summed E-state index contributed by atoms with van der Waals surface area (Å²) in [6.07, 6.45) is 0. The van der Waals surface area contributed by atoms with Crippen LogP contribution in [0.1, 0.15) is 25.5 Å². The van der Waals surface area contributed by atoms with Gasteiger partial charge < -0.3 is 5.73 Å². The fourth-order valence-electron chi connectivity index (χ4n) is 1.49. The highest BCUT2D eigenvalue weighted by molar-refractivity contribution is 5.80. The maximum Gasteiger partial charge on any atom is 0.113 e. The van der Waals surface area contributed by atoms with Crippen molar-refractivity contribution in [2.24, 2.45) is 0 Å². The fourth-order valence-corrected chi connectivity index (χ4v) is 1.49. The average molecular weight is 190 g/mol. The van der Waals surface area contributed by atoms with Crippen molar-refractivity contribution in [3.8, 4) is 0 Å². The summed E-state index contributed by atoms with van der Waals surface area (Å²) in [4.78, 5) is 0. The largest absolute Gasteiger partial charge is 0.398 e. The molecule has 4 nitrogen and oxygen atoms in total. The third kappa shape index (κ3) is 1.23. The van der Waals surface area contributed by atoms with Crippen LogP contribution in [0.25, 0.3) is 11.0 Å². The van der Waals surface area contributed by atoms with E-state index in [2.05, 4.69) is 24.2 Å². The van der Waals surface area contributed by atoms with Crippen LogP contribution in [0.3, 0.4) is 0 Å². The van der Waals surface area contributed by atoms with Gasteiger partial charge in [-0.2, -0.15) is 0 Å². The lowest BCUT2D eigenvalue weighted by atomic mass is 10.2. The number of aryl methyl sites for hydroxylation is 1. The molecule has 0 saturated heterocycles. The van der Waals surface area contributed by atoms with E-state index in [1.807, 2.05) is 23.7 Å². The monoisotopic (exact) mass is 190 g/mol. The van der Waals surface area contributed by atoms with Gasteiger partial charge in [0.2, 0.25) is 0 Å². The van der Waals surface area contributed by atoms with Crippen LogP contribution in [0.5, 0.6) is 0 Å². The quantitative estimate of drug-likeness (QED) is 0.699. The Balaban J connectivity index is 2.74. The molecule has 2 N–H and O–H groups in total. The molecule has 74 valence electrons. The number of benzene rings is 1. The number of rotatable bonds is 1. The lowest BCUT2D eigenvalue weighted by Gasteiger charge is -2.06. The Bertz CT molecular complexity index is 470. The topological polar surface area (TPSA) is 56.7 Å². The Morgan fingerprint density at radius 2 is 2.07 bits per heavy atom. The van der Waals surface area contributed by atoms with Gasteiger partial charge in [-0.1, -0.05) is 5.21 Å². The number of anilines is 1. The molecule has 2 rings (SSSR count). The molecular weight excluding hydrogens is 176 g/mol. The molecule has 2 aromatic rings. The maximum atomic E-state index is 5.85. The summed E-state index contributed by atoms with van der Waals surface area (Å²) >= 11 is 0. The number of fused-ring (bicyclic) bond motifs is 1. The molecule has 0 fully saturated rings. The molecule has 0 radical (unpaired) electrons. The summed E-state index contributed by atoms with van der Waals surface area (Å²) < 4.78 is 1.88. The number of aromatic nitrogens is 3. The van der Waals surface area contributed by atoms with E-state index in [1.54, 1.807) is 0 Å². The minimum Gasteiger partial charge on any atom is -0.398 e. The fraction of sp³-hybridized carbons (Fsp3) is 0.400. The zero-order valence-electron chi connectivity index (χ0n) is 8.65. The van der Waals surface area contributed by atoms with E-state index in [4.69, 9.17) is 5.73 Å². The molecule has 1 aromatic carbocycles. The first-order valence-corrected chi connectivity index (χ1v) is 4.70. The van der Waals surface area contributed by atoms with Gasteiger partial charge in [-0.3, -0.25) is 0 Å². The normalized spacial score (nSPS) is 11.4. The first kappa shape index (κ1) is 8.99. The standard InChI is InChI=1S/C10H14N4/c1-6(2)14-10-5-8(11)7(3)4-9(10)12-13-14/h4-6H,11H2,1-3H3. The Morgan fingerprint density at radius 1 is 1.36 bits per heavy atom. The van der Waals surface area contributed by atoms with Gasteiger partial charge in [0.25, 0.3) is 0 Å². The molecule has 0 atom stereocenters. The lowest BCUT2D eigenvalue weighted by molar-refractivity contribution is 0.530. The van der Waals surface area contributed by atoms with Crippen molar-refractivity contribution in [3.05, 3.63) is 17.7 Å². The van der Waals surface area contributed by atoms with E-state index >= 15 is 0 Å². The van der Waals surface area contributed by atoms with Crippen LogP contribution in [-0.2, 0) is 0 Å². The zero-order valence-corrected chi connectivity index (χ0v) is 8.65. The molecule has 0 aliphatic rings. The van der Waals surface area contributed by atoms with Gasteiger partial charge in [0.15, 0.2) is 0 Å². The zero-order chi connectivity index (χ0) is 10.3. The molecule has 0 unspecified atom stereocenters. The molecular formula is C10H14N4. The van der Waals surface area contributed by atoms with Crippen molar-refractivity contribution >= 4 is 16.7 Å². The summed E-state index contributed by atoms with van der Waals surface area (Å²) in [6, 6.07) is 4.21. The van der Waals surface area contributed by atoms with Crippen LogP contribution in [0, 0.1) is 6.92 Å². The molecule has 0 saturated carbocycles. The van der Waals surface area contributed by atoms with Crippen LogP contribution >= 0.6 is 0 Å². The van der Waals surface area contributed by atoms with E-state index in [0.717, 1.165) is 22.3 Å². The smallest absolute Gasteiger partial charge is 0.113 e. The molecule has 0 spiro atoms. The van der Waals surface area contributed by atoms with E-state index in [1.165, 1.54) is 0 Å². The molecule has 1 aromatic heterocycles. The highest BCUT2D eigenvalue weighted by Gasteiger charge is 2.08. The van der Waals surface area contributed by atoms with Crippen molar-refractivity contribution in [2.45, 2.75) is 26.8 Å². The molecule has 14 heavy (non-hydrogen) atoms. The molecule has 0 amide bonds. The summed E-state index contributed by atoms with van der Waals surface area (Å²) in [5.41, 5.74) is 9.60. The first-order valence-electron chi connectivity index (χ1n) is 4.70. The van der Waals surface area contributed by atoms with Crippen LogP contribution in [0.15, 0.2) is 12.1 Å². The maximum absolute atomic E-state index is 5.85. The highest BCUT2D eigenvalue weighted by Crippen LogP contribution is 2.21. The van der Waals surface area contributed by atoms with Crippen molar-refractivity contribution < 1.29 is 0 Å². The summed E-state index contributed by atoms with van der Waals surface area (Å²) in [5.74, 6) is 0. The number of nitrogens with zero attached hydrogens (tertiary/aromatic N) is 3. The Kier molecular flexibility index (Phi) is 1.91. The Hall–Kier alpha value is -1.58. The number of hydrogen-bond donors (Lipinski definition) is 1. The molecule has 0 bridgehead atoms. The van der Waals surface area contributed by atoms with Crippen molar-refractivity contribution in [1.82, 2.24) is 15.0 Å². The first-order chi connectivity index (χ1) is 6.59. The number of hydrogen-bond acceptors (Lipinski definition) is 3. The summed E-state index contributed by atoms with van der Waals surface area (Å²) in [7, 11) is 0. The van der Waals surface area contributed by atoms with Crippen LogP contribution in [0.4, 0.5) is 5.69 Å². The SMILES string of the molecule is Cc1cc2nnn(C(C)C)c2cc1N. The molecule has 0 aliphatic carbocycles. The average Bonchev–Trinajstić information content (AvgIpc) is 2.48. The van der Waals surface area contributed by atoms with Gasteiger partial charge in [0, 0.05) is 11.7 Å². The minimum absolute atomic E-state index is 0.308. The highest BCUT2D eigenvalue weighted by atomic mass is 15.4. The molecule has 0 aliphatic heterocycles. The molecule has 4 heteroatoms. The van der Waals surface area contributed by atoms with E-state index in [9.17, 15) is 0 Å². The number of nitrogens with two attached hydrogens (primary N) is 1. The van der Waals surface area contributed by atoms with Gasteiger partial charge in [-0.15, -0.1) is 5.10 Å². The second-order valence-corrected chi connectivity index (χ2v) is 3.83. The van der Waals surface area contributed by atoms with Crippen molar-refractivity contribution in [3.63, 3.8) is 0 Å². The van der Waals surface area contributed by atoms with Gasteiger partial charge in [0.05, 0.1) is 5.52 Å². The second kappa shape index (κ2) is 2.97. The van der Waals surface area contributed by atoms with E-state index in [-0.39, 0.29) is 0 Å². The predicted octanol–water partition coefficient (Wildman–Crippen LogP) is 1.90. The van der Waals surface area contributed by atoms with Crippen LogP contribution in [-0.4, -0.2) is 15.0 Å². The van der Waals surface area contributed by atoms with Crippen LogP contribution < -0.4 is 5.73 Å². The van der Waals surface area contributed by atoms with Crippen molar-refractivity contribution in [1.29, 1.82) is 0 Å². The van der Waals surface area contributed by atoms with Gasteiger partial charge in [-0.05, 0) is 38.5 Å². The summed E-state index contributed by atoms with van der Waals surface area (Å²) in [6.45, 7) is 6.12. The predicted molar refractivity (Wildman–Crippen MR) is 57.1 cm³/mol. The molecule has 1 heterocycles. The number of nitrogen functional groups attached to an aromatic ring is 1.